The Morgan fingerprint density at radius 1 is 0.344 bits per heavy atom. The van der Waals surface area contributed by atoms with Gasteiger partial charge in [0.2, 0.25) is 0 Å². The first kappa shape index (κ1) is 87.5. The van der Waals surface area contributed by atoms with Gasteiger partial charge >= 0.3 is 39.5 Å². The van der Waals surface area contributed by atoms with E-state index in [0.29, 0.717) is 31.6 Å². The molecular weight excluding hydrogens is 1190 g/mol. The normalized spacial score (nSPS) is 14.2. The lowest BCUT2D eigenvalue weighted by molar-refractivity contribution is -0.161. The number of allylic oxidation sites excluding steroid dienone is 4. The van der Waals surface area contributed by atoms with Gasteiger partial charge in [0.15, 0.2) is 12.2 Å². The van der Waals surface area contributed by atoms with E-state index in [4.69, 9.17) is 37.0 Å². The van der Waals surface area contributed by atoms with Crippen LogP contribution in [0.1, 0.15) is 343 Å². The predicted octanol–water partition coefficient (Wildman–Crippen LogP) is 20.1. The fourth-order valence-electron chi connectivity index (χ4n) is 10.3. The highest BCUT2D eigenvalue weighted by atomic mass is 31.2. The van der Waals surface area contributed by atoms with Crippen molar-refractivity contribution in [2.45, 2.75) is 361 Å². The number of unbranched alkanes of at least 4 members (excludes halogenated alkanes) is 38. The van der Waals surface area contributed by atoms with Crippen LogP contribution in [0.2, 0.25) is 0 Å². The number of ether oxygens (including phenoxy) is 4. The quantitative estimate of drug-likeness (QED) is 0.0169. The summed E-state index contributed by atoms with van der Waals surface area (Å²) in [4.78, 5) is 72.2. The van der Waals surface area contributed by atoms with E-state index in [1.54, 1.807) is 0 Å². The number of rotatable bonds is 69. The zero-order chi connectivity index (χ0) is 66.3. The molecule has 19 heteroatoms. The monoisotopic (exact) mass is 1320 g/mol. The minimum absolute atomic E-state index is 0.100. The van der Waals surface area contributed by atoms with Crippen LogP contribution in [0.15, 0.2) is 24.3 Å². The molecule has 0 aromatic carbocycles. The number of phosphoric acid groups is 2. The van der Waals surface area contributed by atoms with E-state index < -0.39 is 97.5 Å². The molecule has 2 unspecified atom stereocenters. The van der Waals surface area contributed by atoms with E-state index in [-0.39, 0.29) is 25.7 Å². The SMILES string of the molecule is CCCCCC/C=C\C=C/CCCCCCCC(=O)OC[C@H](COP(=O)(O)OC[C@@H](O)COP(=O)(O)OC[C@@H](COC(=O)CCCCCCC)OC(=O)CCCCCCCCCC(C)C)OC(=O)CCCCCCCCCCCCCCCCCCCCCC. The van der Waals surface area contributed by atoms with Crippen LogP contribution < -0.4 is 0 Å². The van der Waals surface area contributed by atoms with E-state index in [9.17, 15) is 43.2 Å². The van der Waals surface area contributed by atoms with Crippen LogP contribution in [-0.4, -0.2) is 96.7 Å². The third-order valence-electron chi connectivity index (χ3n) is 15.9. The van der Waals surface area contributed by atoms with Gasteiger partial charge in [-0.2, -0.15) is 0 Å². The standard InChI is InChI=1S/C71H134O17P2/c1-6-9-12-15-17-19-21-23-25-26-27-28-29-31-33-35-37-41-46-51-56-70(75)88-67(61-82-69(74)55-50-45-40-36-34-32-30-24-22-20-18-16-13-10-7-2)63-86-90(79,80)84-59-65(72)58-83-89(77,78)85-62-66(60-81-68(73)54-49-43-14-11-8-3)87-71(76)57-52-47-42-38-39-44-48-53-64(4)5/h20,22,24,30,64-67,72H,6-19,21,23,25-29,31-63H2,1-5H3,(H,77,78)(H,79,80)/b22-20-,30-24-/t65-,66+,67+/m0/s1. The van der Waals surface area contributed by atoms with Gasteiger partial charge in [-0.25, -0.2) is 9.13 Å². The summed E-state index contributed by atoms with van der Waals surface area (Å²) >= 11 is 0. The van der Waals surface area contributed by atoms with Gasteiger partial charge in [0.1, 0.15) is 19.3 Å². The molecule has 0 radical (unpaired) electrons. The molecule has 0 saturated carbocycles. The minimum Gasteiger partial charge on any atom is -0.462 e. The molecule has 0 aromatic rings. The summed E-state index contributed by atoms with van der Waals surface area (Å²) in [5.41, 5.74) is 0. The second-order valence-electron chi connectivity index (χ2n) is 25.4. The van der Waals surface area contributed by atoms with Crippen molar-refractivity contribution in [2.24, 2.45) is 5.92 Å². The Morgan fingerprint density at radius 2 is 0.600 bits per heavy atom. The van der Waals surface area contributed by atoms with Gasteiger partial charge in [-0.15, -0.1) is 0 Å². The predicted molar refractivity (Wildman–Crippen MR) is 363 cm³/mol. The molecule has 0 aliphatic rings. The van der Waals surface area contributed by atoms with E-state index >= 15 is 0 Å². The van der Waals surface area contributed by atoms with E-state index in [0.717, 1.165) is 116 Å². The molecule has 17 nitrogen and oxygen atoms in total. The first-order valence-corrected chi connectivity index (χ1v) is 39.4. The van der Waals surface area contributed by atoms with E-state index in [1.165, 1.54) is 141 Å². The number of hydrogen-bond donors (Lipinski definition) is 3. The maximum absolute atomic E-state index is 13.0. The van der Waals surface area contributed by atoms with Crippen molar-refractivity contribution in [3.05, 3.63) is 24.3 Å². The maximum atomic E-state index is 13.0. The zero-order valence-corrected chi connectivity index (χ0v) is 59.5. The van der Waals surface area contributed by atoms with Gasteiger partial charge in [0, 0.05) is 25.7 Å². The fraction of sp³-hybridized carbons (Fsp3) is 0.887. The molecule has 0 aliphatic heterocycles. The van der Waals surface area contributed by atoms with Crippen molar-refractivity contribution >= 4 is 39.5 Å². The Labute approximate surface area is 548 Å². The van der Waals surface area contributed by atoms with Crippen LogP contribution in [0.5, 0.6) is 0 Å². The number of carbonyl (C=O) groups excluding carboxylic acids is 4. The van der Waals surface area contributed by atoms with Crippen LogP contribution in [0.25, 0.3) is 0 Å². The molecule has 0 bridgehead atoms. The Bertz CT molecular complexity index is 1830. The zero-order valence-electron chi connectivity index (χ0n) is 57.8. The van der Waals surface area contributed by atoms with Gasteiger partial charge in [-0.3, -0.25) is 37.3 Å². The van der Waals surface area contributed by atoms with Crippen molar-refractivity contribution in [1.29, 1.82) is 0 Å². The Balaban J connectivity index is 5.16. The number of phosphoric ester groups is 2. The minimum atomic E-state index is -4.96. The molecule has 0 saturated heterocycles. The second kappa shape index (κ2) is 63.9. The average Bonchev–Trinajstić information content (AvgIpc) is 3.72. The van der Waals surface area contributed by atoms with E-state index in [2.05, 4.69) is 58.9 Å². The third kappa shape index (κ3) is 64.3. The maximum Gasteiger partial charge on any atom is 0.472 e. The topological polar surface area (TPSA) is 237 Å². The average molecular weight is 1320 g/mol. The van der Waals surface area contributed by atoms with Crippen LogP contribution in [0.3, 0.4) is 0 Å². The molecule has 3 N–H and O–H groups in total. The second-order valence-corrected chi connectivity index (χ2v) is 28.3. The highest BCUT2D eigenvalue weighted by molar-refractivity contribution is 7.47. The summed E-state index contributed by atoms with van der Waals surface area (Å²) < 4.78 is 68.0. The molecule has 0 rings (SSSR count). The van der Waals surface area contributed by atoms with Gasteiger partial charge in [0.25, 0.3) is 0 Å². The number of hydrogen-bond acceptors (Lipinski definition) is 15. The first-order chi connectivity index (χ1) is 43.5. The molecule has 0 aliphatic carbocycles. The van der Waals surface area contributed by atoms with Crippen molar-refractivity contribution < 1.29 is 80.2 Å². The summed E-state index contributed by atoms with van der Waals surface area (Å²) in [6.45, 7) is 7.02. The lowest BCUT2D eigenvalue weighted by atomic mass is 10.0. The smallest absolute Gasteiger partial charge is 0.462 e. The first-order valence-electron chi connectivity index (χ1n) is 36.5. The summed E-state index contributed by atoms with van der Waals surface area (Å²) in [7, 11) is -9.90. The summed E-state index contributed by atoms with van der Waals surface area (Å²) in [6, 6.07) is 0. The molecule has 5 atom stereocenters. The third-order valence-corrected chi connectivity index (χ3v) is 17.8. The van der Waals surface area contributed by atoms with Crippen molar-refractivity contribution in [3.63, 3.8) is 0 Å². The highest BCUT2D eigenvalue weighted by Crippen LogP contribution is 2.45. The van der Waals surface area contributed by atoms with Crippen molar-refractivity contribution in [3.8, 4) is 0 Å². The van der Waals surface area contributed by atoms with E-state index in [1.807, 2.05) is 0 Å². The highest BCUT2D eigenvalue weighted by Gasteiger charge is 2.30. The fourth-order valence-corrected chi connectivity index (χ4v) is 11.9. The van der Waals surface area contributed by atoms with Crippen LogP contribution in [-0.2, 0) is 65.4 Å². The summed E-state index contributed by atoms with van der Waals surface area (Å²) in [5, 5.41) is 10.5. The van der Waals surface area contributed by atoms with Crippen LogP contribution in [0.4, 0.5) is 0 Å². The number of carbonyl (C=O) groups is 4. The van der Waals surface area contributed by atoms with Gasteiger partial charge in [-0.1, -0.05) is 290 Å². The lowest BCUT2D eigenvalue weighted by Gasteiger charge is -2.21. The Hall–Kier alpha value is -2.46. The molecule has 90 heavy (non-hydrogen) atoms. The van der Waals surface area contributed by atoms with Crippen LogP contribution >= 0.6 is 15.6 Å². The van der Waals surface area contributed by atoms with Gasteiger partial charge in [0.05, 0.1) is 26.4 Å². The molecule has 0 spiro atoms. The number of esters is 4. The number of aliphatic hydroxyl groups excluding tert-OH is 1. The summed E-state index contributed by atoms with van der Waals surface area (Å²) in [5.74, 6) is -1.47. The van der Waals surface area contributed by atoms with Crippen molar-refractivity contribution in [2.75, 3.05) is 39.6 Å². The Morgan fingerprint density at radius 3 is 0.911 bits per heavy atom. The van der Waals surface area contributed by atoms with Crippen LogP contribution in [0, 0.1) is 5.92 Å². The van der Waals surface area contributed by atoms with Crippen molar-refractivity contribution in [1.82, 2.24) is 0 Å². The van der Waals surface area contributed by atoms with Gasteiger partial charge in [-0.05, 0) is 57.3 Å². The number of aliphatic hydroxyl groups is 1. The van der Waals surface area contributed by atoms with Gasteiger partial charge < -0.3 is 33.8 Å². The molecule has 0 aromatic heterocycles. The lowest BCUT2D eigenvalue weighted by Crippen LogP contribution is -2.30. The largest absolute Gasteiger partial charge is 0.472 e. The molecular formula is C71H134O17P2. The molecule has 0 heterocycles. The molecule has 530 valence electrons. The Kier molecular flexibility index (Phi) is 62.2. The molecule has 0 amide bonds. The summed E-state index contributed by atoms with van der Waals surface area (Å²) in [6.07, 6.45) is 54.2. The molecule has 0 fully saturated rings.